The topological polar surface area (TPSA) is 55.4 Å². The number of amides is 1. The van der Waals surface area contributed by atoms with Crippen molar-refractivity contribution in [3.8, 4) is 5.75 Å². The van der Waals surface area contributed by atoms with Crippen LogP contribution in [-0.4, -0.2) is 30.5 Å². The van der Waals surface area contributed by atoms with Gasteiger partial charge >= 0.3 is 6.18 Å². The predicted molar refractivity (Wildman–Crippen MR) is 60.6 cm³/mol. The Balaban J connectivity index is 2.42. The molecule has 0 aliphatic heterocycles. The average molecular weight is 275 g/mol. The second kappa shape index (κ2) is 6.21. The first-order chi connectivity index (χ1) is 8.80. The van der Waals surface area contributed by atoms with Gasteiger partial charge in [0.1, 0.15) is 5.75 Å². The normalized spacial score (nSPS) is 12.6. The molecule has 0 saturated heterocycles. The fourth-order valence-electron chi connectivity index (χ4n) is 1.26. The maximum Gasteiger partial charge on any atom is 0.452 e. The second-order valence-corrected chi connectivity index (χ2v) is 3.75. The van der Waals surface area contributed by atoms with Crippen molar-refractivity contribution in [1.82, 2.24) is 5.32 Å². The number of Topliss-reactive ketones (excluding diaryl/α,β-unsaturated/α-hetero) is 1. The van der Waals surface area contributed by atoms with E-state index in [1.54, 1.807) is 30.3 Å². The summed E-state index contributed by atoms with van der Waals surface area (Å²) >= 11 is 0. The molecule has 1 amide bonds. The highest BCUT2D eigenvalue weighted by Gasteiger charge is 2.42. The van der Waals surface area contributed by atoms with E-state index in [1.165, 1.54) is 0 Å². The molecule has 0 heterocycles. The summed E-state index contributed by atoms with van der Waals surface area (Å²) < 4.78 is 41.2. The first kappa shape index (κ1) is 15.0. The zero-order chi connectivity index (χ0) is 14.5. The van der Waals surface area contributed by atoms with E-state index in [1.807, 2.05) is 5.32 Å². The monoisotopic (exact) mass is 275 g/mol. The summed E-state index contributed by atoms with van der Waals surface area (Å²) in [5.41, 5.74) is 0. The summed E-state index contributed by atoms with van der Waals surface area (Å²) in [5, 5.41) is 1.92. The van der Waals surface area contributed by atoms with E-state index in [2.05, 4.69) is 0 Å². The van der Waals surface area contributed by atoms with Crippen molar-refractivity contribution >= 4 is 11.7 Å². The summed E-state index contributed by atoms with van der Waals surface area (Å²) in [6, 6.07) is 6.67. The van der Waals surface area contributed by atoms with Crippen LogP contribution in [0.4, 0.5) is 13.2 Å². The minimum atomic E-state index is -4.97. The van der Waals surface area contributed by atoms with Crippen molar-refractivity contribution in [2.75, 3.05) is 6.61 Å². The largest absolute Gasteiger partial charge is 0.484 e. The standard InChI is InChI=1S/C12H12F3NO3/c1-8(11(18)12(13,14)15)16-10(17)7-19-9-5-3-2-4-6-9/h2-6,8H,7H2,1H3,(H,16,17). The van der Waals surface area contributed by atoms with Crippen LogP contribution < -0.4 is 10.1 Å². The highest BCUT2D eigenvalue weighted by Crippen LogP contribution is 2.17. The van der Waals surface area contributed by atoms with Gasteiger partial charge in [-0.2, -0.15) is 13.2 Å². The third kappa shape index (κ3) is 4.99. The molecule has 0 aliphatic carbocycles. The summed E-state index contributed by atoms with van der Waals surface area (Å²) in [6.45, 7) is 0.510. The number of nitrogens with one attached hydrogen (secondary N) is 1. The van der Waals surface area contributed by atoms with Gasteiger partial charge in [0.05, 0.1) is 6.04 Å². The molecule has 1 aromatic rings. The maximum absolute atomic E-state index is 12.1. The molecular formula is C12H12F3NO3. The highest BCUT2D eigenvalue weighted by molar-refractivity contribution is 5.92. The van der Waals surface area contributed by atoms with Crippen molar-refractivity contribution in [2.45, 2.75) is 19.1 Å². The Kier molecular flexibility index (Phi) is 4.91. The molecule has 1 atom stereocenters. The number of carbonyl (C=O) groups is 2. The minimum absolute atomic E-state index is 0.410. The van der Waals surface area contributed by atoms with E-state index in [4.69, 9.17) is 4.74 Å². The van der Waals surface area contributed by atoms with Gasteiger partial charge in [-0.3, -0.25) is 9.59 Å². The van der Waals surface area contributed by atoms with E-state index in [0.29, 0.717) is 5.75 Å². The third-order valence-electron chi connectivity index (χ3n) is 2.16. The summed E-state index contributed by atoms with van der Waals surface area (Å²) in [7, 11) is 0. The van der Waals surface area contributed by atoms with Crippen molar-refractivity contribution < 1.29 is 27.5 Å². The lowest BCUT2D eigenvalue weighted by Gasteiger charge is -2.14. The second-order valence-electron chi connectivity index (χ2n) is 3.75. The first-order valence-electron chi connectivity index (χ1n) is 5.39. The summed E-state index contributed by atoms with van der Waals surface area (Å²) in [4.78, 5) is 22.1. The number of benzene rings is 1. The van der Waals surface area contributed by atoms with Crippen molar-refractivity contribution in [3.05, 3.63) is 30.3 Å². The van der Waals surface area contributed by atoms with E-state index in [9.17, 15) is 22.8 Å². The van der Waals surface area contributed by atoms with E-state index in [-0.39, 0.29) is 0 Å². The molecule has 0 saturated carbocycles. The van der Waals surface area contributed by atoms with Gasteiger partial charge in [-0.05, 0) is 19.1 Å². The molecule has 0 radical (unpaired) electrons. The predicted octanol–water partition coefficient (Wildman–Crippen LogP) is 1.70. The van der Waals surface area contributed by atoms with Crippen LogP contribution in [-0.2, 0) is 9.59 Å². The van der Waals surface area contributed by atoms with Gasteiger partial charge < -0.3 is 10.1 Å². The lowest BCUT2D eigenvalue weighted by atomic mass is 10.2. The van der Waals surface area contributed by atoms with Gasteiger partial charge in [0.2, 0.25) is 0 Å². The Morgan fingerprint density at radius 3 is 2.37 bits per heavy atom. The molecule has 0 aromatic heterocycles. The number of carbonyl (C=O) groups excluding carboxylic acids is 2. The minimum Gasteiger partial charge on any atom is -0.484 e. The molecule has 19 heavy (non-hydrogen) atoms. The zero-order valence-electron chi connectivity index (χ0n) is 10.0. The van der Waals surface area contributed by atoms with E-state index in [0.717, 1.165) is 6.92 Å². The van der Waals surface area contributed by atoms with Crippen LogP contribution in [0.1, 0.15) is 6.92 Å². The Labute approximate surface area is 107 Å². The lowest BCUT2D eigenvalue weighted by Crippen LogP contribution is -2.46. The van der Waals surface area contributed by atoms with Gasteiger partial charge in [0.25, 0.3) is 11.7 Å². The van der Waals surface area contributed by atoms with Crippen molar-refractivity contribution in [3.63, 3.8) is 0 Å². The molecule has 7 heteroatoms. The van der Waals surface area contributed by atoms with E-state index < -0.39 is 30.5 Å². The van der Waals surface area contributed by atoms with Crippen LogP contribution in [0.25, 0.3) is 0 Å². The number of rotatable bonds is 5. The number of ketones is 1. The number of halogens is 3. The maximum atomic E-state index is 12.1. The molecule has 0 bridgehead atoms. The molecule has 4 nitrogen and oxygen atoms in total. The number of para-hydroxylation sites is 1. The molecule has 1 unspecified atom stereocenters. The van der Waals surface area contributed by atoms with Gasteiger partial charge in [0, 0.05) is 0 Å². The quantitative estimate of drug-likeness (QED) is 0.890. The first-order valence-corrected chi connectivity index (χ1v) is 5.39. The summed E-state index contributed by atoms with van der Waals surface area (Å²) in [6.07, 6.45) is -4.97. The Bertz CT molecular complexity index is 445. The van der Waals surface area contributed by atoms with Crippen LogP contribution in [0.2, 0.25) is 0 Å². The van der Waals surface area contributed by atoms with E-state index >= 15 is 0 Å². The summed E-state index contributed by atoms with van der Waals surface area (Å²) in [5.74, 6) is -2.39. The molecule has 1 aromatic carbocycles. The van der Waals surface area contributed by atoms with Gasteiger partial charge in [-0.1, -0.05) is 18.2 Å². The fraction of sp³-hybridized carbons (Fsp3) is 0.333. The molecule has 0 spiro atoms. The Hall–Kier alpha value is -2.05. The molecule has 1 rings (SSSR count). The number of hydrogen-bond acceptors (Lipinski definition) is 3. The van der Waals surface area contributed by atoms with Crippen LogP contribution in [0, 0.1) is 0 Å². The lowest BCUT2D eigenvalue weighted by molar-refractivity contribution is -0.173. The molecule has 1 N–H and O–H groups in total. The molecule has 104 valence electrons. The third-order valence-corrected chi connectivity index (χ3v) is 2.16. The zero-order valence-corrected chi connectivity index (χ0v) is 10.0. The smallest absolute Gasteiger partial charge is 0.452 e. The Morgan fingerprint density at radius 1 is 1.26 bits per heavy atom. The number of alkyl halides is 3. The van der Waals surface area contributed by atoms with Crippen LogP contribution in [0.3, 0.4) is 0 Å². The molecule has 0 fully saturated rings. The van der Waals surface area contributed by atoms with Crippen molar-refractivity contribution in [2.24, 2.45) is 0 Å². The van der Waals surface area contributed by atoms with Gasteiger partial charge in [0.15, 0.2) is 6.61 Å². The SMILES string of the molecule is CC(NC(=O)COc1ccccc1)C(=O)C(F)(F)F. The Morgan fingerprint density at radius 2 is 1.84 bits per heavy atom. The van der Waals surface area contributed by atoms with Gasteiger partial charge in [-0.25, -0.2) is 0 Å². The molecule has 0 aliphatic rings. The average Bonchev–Trinajstić information content (AvgIpc) is 2.35. The van der Waals surface area contributed by atoms with Crippen LogP contribution in [0.5, 0.6) is 5.75 Å². The number of hydrogen-bond donors (Lipinski definition) is 1. The van der Waals surface area contributed by atoms with Crippen LogP contribution in [0.15, 0.2) is 30.3 Å². The van der Waals surface area contributed by atoms with Gasteiger partial charge in [-0.15, -0.1) is 0 Å². The highest BCUT2D eigenvalue weighted by atomic mass is 19.4. The molecular weight excluding hydrogens is 263 g/mol. The van der Waals surface area contributed by atoms with Crippen LogP contribution >= 0.6 is 0 Å². The number of ether oxygens (including phenoxy) is 1. The van der Waals surface area contributed by atoms with Crippen molar-refractivity contribution in [1.29, 1.82) is 0 Å². The fourth-order valence-corrected chi connectivity index (χ4v) is 1.26.